The van der Waals surface area contributed by atoms with Crippen LogP contribution in [0.1, 0.15) is 16.7 Å². The van der Waals surface area contributed by atoms with E-state index in [-0.39, 0.29) is 26.4 Å². The minimum absolute atomic E-state index is 0.0138. The van der Waals surface area contributed by atoms with Crippen LogP contribution in [-0.4, -0.2) is 54.4 Å². The van der Waals surface area contributed by atoms with Crippen molar-refractivity contribution in [3.8, 4) is 0 Å². The van der Waals surface area contributed by atoms with Crippen LogP contribution in [0.15, 0.2) is 91.0 Å². The lowest BCUT2D eigenvalue weighted by Gasteiger charge is -2.31. The second kappa shape index (κ2) is 16.9. The molecule has 0 unspecified atom stereocenters. The molecule has 0 aliphatic carbocycles. The molecule has 10 heteroatoms. The fourth-order valence-electron chi connectivity index (χ4n) is 3.77. The SMILES string of the molecule is O=C(CCl)O[C@@H]([C@@H](CO)OCc1ccccc1)[C@@H](CNC(=O)OCc1ccccc1)C(=O)OCc1ccccc1. The topological polar surface area (TPSA) is 120 Å². The number of alkyl halides is 1. The zero-order valence-corrected chi connectivity index (χ0v) is 22.6. The van der Waals surface area contributed by atoms with Crippen molar-refractivity contribution >= 4 is 29.6 Å². The van der Waals surface area contributed by atoms with Gasteiger partial charge in [-0.1, -0.05) is 91.0 Å². The number of ether oxygens (including phenoxy) is 4. The highest BCUT2D eigenvalue weighted by Crippen LogP contribution is 2.20. The van der Waals surface area contributed by atoms with Gasteiger partial charge in [-0.05, 0) is 16.7 Å². The van der Waals surface area contributed by atoms with E-state index in [1.165, 1.54) is 0 Å². The summed E-state index contributed by atoms with van der Waals surface area (Å²) in [6.07, 6.45) is -3.26. The van der Waals surface area contributed by atoms with E-state index in [2.05, 4.69) is 5.32 Å². The molecule has 9 nitrogen and oxygen atoms in total. The number of alkyl carbamates (subject to hydrolysis) is 1. The number of benzene rings is 3. The summed E-state index contributed by atoms with van der Waals surface area (Å²) >= 11 is 5.69. The van der Waals surface area contributed by atoms with Crippen LogP contribution >= 0.6 is 11.6 Å². The van der Waals surface area contributed by atoms with Crippen molar-refractivity contribution in [2.24, 2.45) is 5.92 Å². The van der Waals surface area contributed by atoms with Gasteiger partial charge in [0.05, 0.1) is 13.2 Å². The molecule has 3 rings (SSSR count). The standard InChI is InChI=1S/C30H32ClNO8/c31-16-27(34)40-28(26(18-33)37-19-22-10-4-1-5-11-22)25(29(35)38-20-23-12-6-2-7-13-23)17-32-30(36)39-21-24-14-8-3-9-15-24/h1-15,25-26,28,33H,16-21H2,(H,32,36)/t25-,26-,28-/m1/s1. The van der Waals surface area contributed by atoms with Gasteiger partial charge in [-0.2, -0.15) is 0 Å². The monoisotopic (exact) mass is 569 g/mol. The minimum Gasteiger partial charge on any atom is -0.460 e. The van der Waals surface area contributed by atoms with Crippen molar-refractivity contribution in [3.05, 3.63) is 108 Å². The van der Waals surface area contributed by atoms with Crippen LogP contribution in [0, 0.1) is 5.92 Å². The smallest absolute Gasteiger partial charge is 0.407 e. The van der Waals surface area contributed by atoms with Crippen LogP contribution in [-0.2, 0) is 48.4 Å². The van der Waals surface area contributed by atoms with E-state index in [1.54, 1.807) is 36.4 Å². The first kappa shape index (κ1) is 30.6. The number of aliphatic hydroxyl groups excluding tert-OH is 1. The van der Waals surface area contributed by atoms with Crippen LogP contribution in [0.2, 0.25) is 0 Å². The van der Waals surface area contributed by atoms with E-state index in [9.17, 15) is 19.5 Å². The van der Waals surface area contributed by atoms with Crippen LogP contribution in [0.5, 0.6) is 0 Å². The molecule has 1 amide bonds. The van der Waals surface area contributed by atoms with Gasteiger partial charge < -0.3 is 29.4 Å². The van der Waals surface area contributed by atoms with E-state index >= 15 is 0 Å². The molecule has 40 heavy (non-hydrogen) atoms. The number of halogens is 1. The van der Waals surface area contributed by atoms with Crippen molar-refractivity contribution in [1.82, 2.24) is 5.32 Å². The highest BCUT2D eigenvalue weighted by atomic mass is 35.5. The third-order valence-corrected chi connectivity index (χ3v) is 6.05. The lowest BCUT2D eigenvalue weighted by molar-refractivity contribution is -0.175. The van der Waals surface area contributed by atoms with Gasteiger partial charge in [0.2, 0.25) is 0 Å². The molecular weight excluding hydrogens is 538 g/mol. The van der Waals surface area contributed by atoms with Crippen molar-refractivity contribution in [2.45, 2.75) is 32.0 Å². The van der Waals surface area contributed by atoms with E-state index in [4.69, 9.17) is 30.5 Å². The van der Waals surface area contributed by atoms with Gasteiger partial charge in [-0.25, -0.2) is 4.79 Å². The summed E-state index contributed by atoms with van der Waals surface area (Å²) in [4.78, 5) is 38.1. The molecule has 2 N–H and O–H groups in total. The Labute approximate surface area is 238 Å². The third-order valence-electron chi connectivity index (χ3n) is 5.83. The lowest BCUT2D eigenvalue weighted by Crippen LogP contribution is -2.49. The summed E-state index contributed by atoms with van der Waals surface area (Å²) in [5.74, 6) is -3.36. The summed E-state index contributed by atoms with van der Waals surface area (Å²) in [6.45, 7) is -0.890. The molecule has 3 atom stereocenters. The maximum absolute atomic E-state index is 13.3. The van der Waals surface area contributed by atoms with Crippen molar-refractivity contribution in [2.75, 3.05) is 19.0 Å². The highest BCUT2D eigenvalue weighted by Gasteiger charge is 2.39. The summed E-state index contributed by atoms with van der Waals surface area (Å²) in [5.41, 5.74) is 2.31. The molecule has 3 aromatic carbocycles. The Balaban J connectivity index is 1.76. The summed E-state index contributed by atoms with van der Waals surface area (Å²) < 4.78 is 22.1. The predicted molar refractivity (Wildman–Crippen MR) is 147 cm³/mol. The summed E-state index contributed by atoms with van der Waals surface area (Å²) in [7, 11) is 0. The molecule has 0 heterocycles. The van der Waals surface area contributed by atoms with Crippen molar-refractivity contribution in [3.63, 3.8) is 0 Å². The maximum Gasteiger partial charge on any atom is 0.407 e. The fraction of sp³-hybridized carbons (Fsp3) is 0.300. The molecule has 0 saturated heterocycles. The first-order valence-electron chi connectivity index (χ1n) is 12.7. The summed E-state index contributed by atoms with van der Waals surface area (Å²) in [6, 6.07) is 27.2. The molecule has 0 aliphatic rings. The Morgan fingerprint density at radius 1 is 0.750 bits per heavy atom. The van der Waals surface area contributed by atoms with Gasteiger partial charge in [0, 0.05) is 6.54 Å². The van der Waals surface area contributed by atoms with Crippen LogP contribution in [0.4, 0.5) is 4.79 Å². The molecule has 212 valence electrons. The molecule has 0 aromatic heterocycles. The zero-order chi connectivity index (χ0) is 28.6. The Bertz CT molecular complexity index is 1180. The number of carbonyl (C=O) groups is 3. The van der Waals surface area contributed by atoms with E-state index in [0.717, 1.165) is 16.7 Å². The zero-order valence-electron chi connectivity index (χ0n) is 21.8. The minimum atomic E-state index is -1.34. The van der Waals surface area contributed by atoms with Gasteiger partial charge >= 0.3 is 18.0 Å². The van der Waals surface area contributed by atoms with E-state index < -0.39 is 48.6 Å². The second-order valence-corrected chi connectivity index (χ2v) is 9.02. The molecule has 0 aliphatic heterocycles. The maximum atomic E-state index is 13.3. The van der Waals surface area contributed by atoms with E-state index in [0.29, 0.717) is 0 Å². The molecule has 3 aromatic rings. The molecular formula is C30H32ClNO8. The molecule has 0 fully saturated rings. The third kappa shape index (κ3) is 10.3. The van der Waals surface area contributed by atoms with Gasteiger partial charge in [0.25, 0.3) is 0 Å². The largest absolute Gasteiger partial charge is 0.460 e. The number of hydrogen-bond acceptors (Lipinski definition) is 8. The van der Waals surface area contributed by atoms with Gasteiger partial charge in [0.15, 0.2) is 0 Å². The number of aliphatic hydroxyl groups is 1. The number of rotatable bonds is 15. The van der Waals surface area contributed by atoms with Crippen LogP contribution in [0.3, 0.4) is 0 Å². The Kier molecular flexibility index (Phi) is 12.9. The average molecular weight is 570 g/mol. The Hall–Kier alpha value is -3.92. The Morgan fingerprint density at radius 2 is 1.25 bits per heavy atom. The van der Waals surface area contributed by atoms with Crippen molar-refractivity contribution in [1.29, 1.82) is 0 Å². The molecule has 0 bridgehead atoms. The quantitative estimate of drug-likeness (QED) is 0.160. The van der Waals surface area contributed by atoms with Gasteiger partial charge in [-0.15, -0.1) is 11.6 Å². The number of hydrogen-bond donors (Lipinski definition) is 2. The highest BCUT2D eigenvalue weighted by molar-refractivity contribution is 6.26. The lowest BCUT2D eigenvalue weighted by atomic mass is 9.97. The van der Waals surface area contributed by atoms with Gasteiger partial charge in [0.1, 0.15) is 37.2 Å². The van der Waals surface area contributed by atoms with Crippen LogP contribution in [0.25, 0.3) is 0 Å². The number of carbonyl (C=O) groups excluding carboxylic acids is 3. The number of nitrogens with one attached hydrogen (secondary N) is 1. The molecule has 0 radical (unpaired) electrons. The predicted octanol–water partition coefficient (Wildman–Crippen LogP) is 4.00. The fourth-order valence-corrected chi connectivity index (χ4v) is 3.83. The van der Waals surface area contributed by atoms with E-state index in [1.807, 2.05) is 54.6 Å². The Morgan fingerprint density at radius 3 is 1.75 bits per heavy atom. The summed E-state index contributed by atoms with van der Waals surface area (Å²) in [5, 5.41) is 12.7. The first-order chi connectivity index (χ1) is 19.5. The second-order valence-electron chi connectivity index (χ2n) is 8.75. The average Bonchev–Trinajstić information content (AvgIpc) is 3.00. The van der Waals surface area contributed by atoms with Gasteiger partial charge in [-0.3, -0.25) is 9.59 Å². The molecule has 0 saturated carbocycles. The number of amides is 1. The first-order valence-corrected chi connectivity index (χ1v) is 13.2. The number of esters is 2. The van der Waals surface area contributed by atoms with Crippen LogP contribution < -0.4 is 5.32 Å². The van der Waals surface area contributed by atoms with Crippen molar-refractivity contribution < 1.29 is 38.4 Å². The molecule has 0 spiro atoms. The normalized spacial score (nSPS) is 12.9.